The maximum absolute atomic E-state index is 8.94. The molecule has 2 rings (SSSR count). The Labute approximate surface area is 112 Å². The molecule has 2 aromatic rings. The number of aromatic nitrogens is 2. The lowest BCUT2D eigenvalue weighted by molar-refractivity contribution is 0.262. The Bertz CT molecular complexity index is 512. The molecule has 0 amide bonds. The summed E-state index contributed by atoms with van der Waals surface area (Å²) in [5.74, 6) is 0. The van der Waals surface area contributed by atoms with E-state index in [1.807, 2.05) is 28.9 Å². The molecule has 1 unspecified atom stereocenters. The second-order valence-corrected chi connectivity index (χ2v) is 4.78. The lowest BCUT2D eigenvalue weighted by Gasteiger charge is -2.14. The van der Waals surface area contributed by atoms with Crippen molar-refractivity contribution in [3.05, 3.63) is 35.2 Å². The number of nitrogens with zero attached hydrogens (tertiary/aromatic N) is 2. The van der Waals surface area contributed by atoms with E-state index in [0.29, 0.717) is 17.6 Å². The van der Waals surface area contributed by atoms with Crippen LogP contribution in [0.15, 0.2) is 24.5 Å². The van der Waals surface area contributed by atoms with Crippen molar-refractivity contribution in [3.63, 3.8) is 0 Å². The van der Waals surface area contributed by atoms with Crippen LogP contribution in [0, 0.1) is 0 Å². The van der Waals surface area contributed by atoms with Crippen LogP contribution in [0.5, 0.6) is 0 Å². The van der Waals surface area contributed by atoms with Crippen LogP contribution in [0.2, 0.25) is 5.02 Å². The molecular weight excluding hydrogens is 250 g/mol. The molecule has 0 saturated heterocycles. The van der Waals surface area contributed by atoms with Crippen molar-refractivity contribution in [3.8, 4) is 0 Å². The monoisotopic (exact) mass is 267 g/mol. The molecule has 0 fully saturated rings. The fourth-order valence-electron chi connectivity index (χ4n) is 1.96. The van der Waals surface area contributed by atoms with Crippen LogP contribution in [0.4, 0.5) is 0 Å². The van der Waals surface area contributed by atoms with Gasteiger partial charge >= 0.3 is 0 Å². The van der Waals surface area contributed by atoms with Crippen molar-refractivity contribution in [2.45, 2.75) is 32.4 Å². The number of hydrogen-bond acceptors (Lipinski definition) is 3. The molecule has 2 heterocycles. The topological polar surface area (TPSA) is 49.6 Å². The first-order chi connectivity index (χ1) is 8.72. The normalized spacial score (nSPS) is 13.1. The molecule has 0 aliphatic rings. The van der Waals surface area contributed by atoms with E-state index < -0.39 is 0 Å². The molecule has 5 heteroatoms. The minimum absolute atomic E-state index is 0.215. The number of halogens is 1. The van der Waals surface area contributed by atoms with Crippen LogP contribution >= 0.6 is 11.6 Å². The average Bonchev–Trinajstić information content (AvgIpc) is 2.76. The van der Waals surface area contributed by atoms with Gasteiger partial charge < -0.3 is 14.8 Å². The standard InChI is InChI=1S/C13H18ClN3O/c1-2-11(5-6-18)15-7-12-9-17-8-10(14)3-4-13(17)16-12/h3-4,8-9,11,15,18H,2,5-7H2,1H3. The molecular formula is C13H18ClN3O. The smallest absolute Gasteiger partial charge is 0.137 e. The van der Waals surface area contributed by atoms with Gasteiger partial charge in [0.1, 0.15) is 5.65 Å². The predicted octanol–water partition coefficient (Wildman–Crippen LogP) is 2.24. The molecule has 18 heavy (non-hydrogen) atoms. The second-order valence-electron chi connectivity index (χ2n) is 4.34. The molecule has 0 spiro atoms. The third-order valence-electron chi connectivity index (χ3n) is 3.01. The molecule has 4 nitrogen and oxygen atoms in total. The van der Waals surface area contributed by atoms with Crippen LogP contribution in [0.3, 0.4) is 0 Å². The first-order valence-corrected chi connectivity index (χ1v) is 6.58. The zero-order valence-corrected chi connectivity index (χ0v) is 11.2. The number of pyridine rings is 1. The van der Waals surface area contributed by atoms with Gasteiger partial charge in [-0.2, -0.15) is 0 Å². The summed E-state index contributed by atoms with van der Waals surface area (Å²) < 4.78 is 1.92. The van der Waals surface area contributed by atoms with Crippen molar-refractivity contribution in [2.75, 3.05) is 6.61 Å². The first-order valence-electron chi connectivity index (χ1n) is 6.20. The number of fused-ring (bicyclic) bond motifs is 1. The van der Waals surface area contributed by atoms with E-state index in [1.54, 1.807) is 0 Å². The zero-order chi connectivity index (χ0) is 13.0. The van der Waals surface area contributed by atoms with Crippen molar-refractivity contribution in [1.82, 2.24) is 14.7 Å². The van der Waals surface area contributed by atoms with E-state index in [1.165, 1.54) is 0 Å². The molecule has 0 radical (unpaired) electrons. The summed E-state index contributed by atoms with van der Waals surface area (Å²) in [4.78, 5) is 4.50. The summed E-state index contributed by atoms with van der Waals surface area (Å²) in [6, 6.07) is 4.07. The van der Waals surface area contributed by atoms with Gasteiger partial charge in [-0.05, 0) is 25.0 Å². The van der Waals surface area contributed by atoms with E-state index in [2.05, 4.69) is 17.2 Å². The summed E-state index contributed by atoms with van der Waals surface area (Å²) >= 11 is 5.93. The summed E-state index contributed by atoms with van der Waals surface area (Å²) in [5, 5.41) is 13.0. The number of aliphatic hydroxyl groups excluding tert-OH is 1. The van der Waals surface area contributed by atoms with E-state index in [0.717, 1.165) is 24.2 Å². The van der Waals surface area contributed by atoms with Gasteiger partial charge in [0.05, 0.1) is 10.7 Å². The van der Waals surface area contributed by atoms with Crippen LogP contribution in [0.1, 0.15) is 25.5 Å². The van der Waals surface area contributed by atoms with Gasteiger partial charge in [-0.25, -0.2) is 4.98 Å². The Balaban J connectivity index is 2.03. The SMILES string of the molecule is CCC(CCO)NCc1cn2cc(Cl)ccc2n1. The van der Waals surface area contributed by atoms with E-state index in [-0.39, 0.29) is 6.61 Å². The van der Waals surface area contributed by atoms with E-state index in [4.69, 9.17) is 16.7 Å². The quantitative estimate of drug-likeness (QED) is 0.844. The van der Waals surface area contributed by atoms with Gasteiger partial charge in [0, 0.05) is 31.6 Å². The third-order valence-corrected chi connectivity index (χ3v) is 3.23. The number of rotatable bonds is 6. The Kier molecular flexibility index (Phi) is 4.58. The van der Waals surface area contributed by atoms with E-state index >= 15 is 0 Å². The molecule has 1 atom stereocenters. The highest BCUT2D eigenvalue weighted by molar-refractivity contribution is 6.30. The minimum Gasteiger partial charge on any atom is -0.396 e. The highest BCUT2D eigenvalue weighted by Crippen LogP contribution is 2.12. The van der Waals surface area contributed by atoms with Crippen molar-refractivity contribution in [2.24, 2.45) is 0 Å². The molecule has 0 bridgehead atoms. The maximum atomic E-state index is 8.94. The van der Waals surface area contributed by atoms with Gasteiger partial charge in [-0.15, -0.1) is 0 Å². The fraction of sp³-hybridized carbons (Fsp3) is 0.462. The third kappa shape index (κ3) is 3.22. The van der Waals surface area contributed by atoms with Crippen molar-refractivity contribution >= 4 is 17.2 Å². The fourth-order valence-corrected chi connectivity index (χ4v) is 2.13. The molecule has 2 aromatic heterocycles. The largest absolute Gasteiger partial charge is 0.396 e. The second kappa shape index (κ2) is 6.18. The Morgan fingerprint density at radius 2 is 2.28 bits per heavy atom. The van der Waals surface area contributed by atoms with Gasteiger partial charge in [-0.3, -0.25) is 0 Å². The lowest BCUT2D eigenvalue weighted by atomic mass is 10.1. The number of hydrogen-bond donors (Lipinski definition) is 2. The van der Waals surface area contributed by atoms with Crippen LogP contribution in [-0.2, 0) is 6.54 Å². The highest BCUT2D eigenvalue weighted by atomic mass is 35.5. The zero-order valence-electron chi connectivity index (χ0n) is 10.4. The number of aliphatic hydroxyl groups is 1. The van der Waals surface area contributed by atoms with Gasteiger partial charge in [0.15, 0.2) is 0 Å². The molecule has 2 N–H and O–H groups in total. The molecule has 0 aliphatic heterocycles. The minimum atomic E-state index is 0.215. The average molecular weight is 268 g/mol. The first kappa shape index (κ1) is 13.3. The van der Waals surface area contributed by atoms with Crippen LogP contribution in [0.25, 0.3) is 5.65 Å². The van der Waals surface area contributed by atoms with Crippen LogP contribution < -0.4 is 5.32 Å². The summed E-state index contributed by atoms with van der Waals surface area (Å²) in [7, 11) is 0. The summed E-state index contributed by atoms with van der Waals surface area (Å²) in [5.41, 5.74) is 1.88. The summed E-state index contributed by atoms with van der Waals surface area (Å²) in [6.07, 6.45) is 5.59. The van der Waals surface area contributed by atoms with Gasteiger partial charge in [0.2, 0.25) is 0 Å². The van der Waals surface area contributed by atoms with Gasteiger partial charge in [0.25, 0.3) is 0 Å². The van der Waals surface area contributed by atoms with Gasteiger partial charge in [-0.1, -0.05) is 18.5 Å². The lowest BCUT2D eigenvalue weighted by Crippen LogP contribution is -2.28. The molecule has 0 aromatic carbocycles. The number of imidazole rings is 1. The summed E-state index contributed by atoms with van der Waals surface area (Å²) in [6.45, 7) is 3.03. The van der Waals surface area contributed by atoms with Crippen molar-refractivity contribution < 1.29 is 5.11 Å². The predicted molar refractivity (Wildman–Crippen MR) is 72.8 cm³/mol. The Morgan fingerprint density at radius 1 is 1.44 bits per heavy atom. The van der Waals surface area contributed by atoms with Crippen molar-refractivity contribution in [1.29, 1.82) is 0 Å². The van der Waals surface area contributed by atoms with E-state index in [9.17, 15) is 0 Å². The Morgan fingerprint density at radius 3 is 3.00 bits per heavy atom. The maximum Gasteiger partial charge on any atom is 0.137 e. The molecule has 0 saturated carbocycles. The van der Waals surface area contributed by atoms with Crippen LogP contribution in [-0.4, -0.2) is 27.1 Å². The molecule has 0 aliphatic carbocycles. The number of nitrogens with one attached hydrogen (secondary N) is 1. The molecule has 98 valence electrons. The Hall–Kier alpha value is -1.10. The highest BCUT2D eigenvalue weighted by Gasteiger charge is 2.07.